The van der Waals surface area contributed by atoms with E-state index in [1.807, 2.05) is 0 Å². The van der Waals surface area contributed by atoms with Crippen LogP contribution in [0.15, 0.2) is 0 Å². The lowest BCUT2D eigenvalue weighted by atomic mass is 10.1. The van der Waals surface area contributed by atoms with Crippen LogP contribution >= 0.6 is 0 Å². The molecule has 7 heteroatoms. The molecular weight excluding hydrogens is 170 g/mol. The van der Waals surface area contributed by atoms with E-state index < -0.39 is 36.9 Å². The van der Waals surface area contributed by atoms with E-state index in [0.29, 0.717) is 0 Å². The summed E-state index contributed by atoms with van der Waals surface area (Å²) in [7, 11) is 0. The number of nitrogens with zero attached hydrogens (tertiary/aromatic N) is 1. The second-order valence-electron chi connectivity index (χ2n) is 2.21. The summed E-state index contributed by atoms with van der Waals surface area (Å²) in [4.78, 5) is 13.6. The van der Waals surface area contributed by atoms with Gasteiger partial charge in [-0.3, -0.25) is 0 Å². The SMILES string of the molecule is O=[N+]([O-])OCC(CO)C(O)CO. The molecule has 0 heterocycles. The van der Waals surface area contributed by atoms with E-state index in [0.717, 1.165) is 0 Å². The average molecular weight is 181 g/mol. The molecule has 0 aliphatic rings. The first-order valence-corrected chi connectivity index (χ1v) is 3.29. The summed E-state index contributed by atoms with van der Waals surface area (Å²) in [6.45, 7) is -1.47. The molecule has 0 aliphatic carbocycles. The lowest BCUT2D eigenvalue weighted by Gasteiger charge is -2.16. The van der Waals surface area contributed by atoms with Crippen LogP contribution < -0.4 is 0 Å². The van der Waals surface area contributed by atoms with Gasteiger partial charge in [0.1, 0.15) is 6.61 Å². The Balaban J connectivity index is 3.74. The lowest BCUT2D eigenvalue weighted by molar-refractivity contribution is -0.759. The molecule has 0 saturated heterocycles. The van der Waals surface area contributed by atoms with Crippen molar-refractivity contribution in [1.29, 1.82) is 0 Å². The van der Waals surface area contributed by atoms with Gasteiger partial charge in [0.15, 0.2) is 0 Å². The van der Waals surface area contributed by atoms with Crippen molar-refractivity contribution in [2.75, 3.05) is 19.8 Å². The third-order valence-corrected chi connectivity index (χ3v) is 1.36. The second-order valence-corrected chi connectivity index (χ2v) is 2.21. The Morgan fingerprint density at radius 2 is 2.00 bits per heavy atom. The molecule has 0 aromatic heterocycles. The fourth-order valence-electron chi connectivity index (χ4n) is 0.591. The Morgan fingerprint density at radius 1 is 1.42 bits per heavy atom. The Hall–Kier alpha value is -0.920. The minimum atomic E-state index is -1.20. The highest BCUT2D eigenvalue weighted by atomic mass is 16.9. The number of aliphatic hydroxyl groups is 3. The third kappa shape index (κ3) is 4.06. The van der Waals surface area contributed by atoms with Crippen LogP contribution in [-0.4, -0.2) is 46.3 Å². The van der Waals surface area contributed by atoms with Crippen molar-refractivity contribution in [3.05, 3.63) is 10.1 Å². The summed E-state index contributed by atoms with van der Waals surface area (Å²) >= 11 is 0. The molecule has 0 bridgehead atoms. The minimum absolute atomic E-state index is 0.425. The zero-order chi connectivity index (χ0) is 9.56. The number of aliphatic hydroxyl groups excluding tert-OH is 3. The molecule has 2 atom stereocenters. The zero-order valence-corrected chi connectivity index (χ0v) is 6.29. The van der Waals surface area contributed by atoms with Gasteiger partial charge in [0.25, 0.3) is 5.09 Å². The molecule has 7 nitrogen and oxygen atoms in total. The molecule has 0 aromatic carbocycles. The third-order valence-electron chi connectivity index (χ3n) is 1.36. The molecule has 3 N–H and O–H groups in total. The summed E-state index contributed by atoms with van der Waals surface area (Å²) in [5, 5.41) is 34.6. The van der Waals surface area contributed by atoms with E-state index in [9.17, 15) is 10.1 Å². The van der Waals surface area contributed by atoms with Crippen molar-refractivity contribution >= 4 is 0 Å². The summed E-state index contributed by atoms with van der Waals surface area (Å²) in [6.07, 6.45) is -1.20. The lowest BCUT2D eigenvalue weighted by Crippen LogP contribution is -2.31. The fourth-order valence-corrected chi connectivity index (χ4v) is 0.591. The first-order valence-electron chi connectivity index (χ1n) is 3.29. The van der Waals surface area contributed by atoms with Crippen molar-refractivity contribution in [1.82, 2.24) is 0 Å². The van der Waals surface area contributed by atoms with Gasteiger partial charge in [0, 0.05) is 5.92 Å². The van der Waals surface area contributed by atoms with Gasteiger partial charge in [0.2, 0.25) is 0 Å². The highest BCUT2D eigenvalue weighted by Gasteiger charge is 2.18. The molecule has 0 aliphatic heterocycles. The monoisotopic (exact) mass is 181 g/mol. The average Bonchev–Trinajstić information content (AvgIpc) is 2.04. The summed E-state index contributed by atoms with van der Waals surface area (Å²) in [5.74, 6) is -0.833. The molecule has 0 fully saturated rings. The quantitative estimate of drug-likeness (QED) is 0.327. The molecule has 0 radical (unpaired) electrons. The maximum atomic E-state index is 9.69. The molecule has 0 rings (SSSR count). The maximum absolute atomic E-state index is 9.69. The molecule has 0 amide bonds. The molecule has 0 aromatic rings. The molecule has 0 spiro atoms. The van der Waals surface area contributed by atoms with Crippen molar-refractivity contribution in [2.45, 2.75) is 6.10 Å². The van der Waals surface area contributed by atoms with Crippen LogP contribution in [0.1, 0.15) is 0 Å². The van der Waals surface area contributed by atoms with Crippen molar-refractivity contribution < 1.29 is 25.2 Å². The first kappa shape index (κ1) is 11.1. The van der Waals surface area contributed by atoms with Gasteiger partial charge in [-0.1, -0.05) is 0 Å². The maximum Gasteiger partial charge on any atom is 0.294 e. The van der Waals surface area contributed by atoms with Gasteiger partial charge >= 0.3 is 0 Å². The predicted molar refractivity (Wildman–Crippen MR) is 36.6 cm³/mol. The van der Waals surface area contributed by atoms with E-state index >= 15 is 0 Å². The summed E-state index contributed by atoms with van der Waals surface area (Å²) in [5.41, 5.74) is 0. The Labute approximate surface area is 68.3 Å². The number of rotatable bonds is 6. The van der Waals surface area contributed by atoms with Crippen LogP contribution in [-0.2, 0) is 4.84 Å². The minimum Gasteiger partial charge on any atom is -0.396 e. The Morgan fingerprint density at radius 3 is 2.33 bits per heavy atom. The van der Waals surface area contributed by atoms with Crippen LogP contribution in [0.5, 0.6) is 0 Å². The molecule has 72 valence electrons. The molecule has 2 unspecified atom stereocenters. The molecule has 12 heavy (non-hydrogen) atoms. The van der Waals surface area contributed by atoms with E-state index in [2.05, 4.69) is 4.84 Å². The Bertz CT molecular complexity index is 140. The van der Waals surface area contributed by atoms with Crippen molar-refractivity contribution in [2.24, 2.45) is 5.92 Å². The van der Waals surface area contributed by atoms with E-state index in [-0.39, 0.29) is 0 Å². The highest BCUT2D eigenvalue weighted by molar-refractivity contribution is 4.65. The van der Waals surface area contributed by atoms with Gasteiger partial charge in [0.05, 0.1) is 19.3 Å². The topological polar surface area (TPSA) is 113 Å². The van der Waals surface area contributed by atoms with Gasteiger partial charge in [-0.15, -0.1) is 10.1 Å². The predicted octanol–water partition coefficient (Wildman–Crippen LogP) is -1.84. The largest absolute Gasteiger partial charge is 0.396 e. The van der Waals surface area contributed by atoms with Crippen LogP contribution in [0.2, 0.25) is 0 Å². The van der Waals surface area contributed by atoms with Gasteiger partial charge in [-0.05, 0) is 0 Å². The normalized spacial score (nSPS) is 15.2. The second kappa shape index (κ2) is 5.70. The van der Waals surface area contributed by atoms with Crippen molar-refractivity contribution in [3.63, 3.8) is 0 Å². The van der Waals surface area contributed by atoms with Gasteiger partial charge < -0.3 is 20.2 Å². The smallest absolute Gasteiger partial charge is 0.294 e. The highest BCUT2D eigenvalue weighted by Crippen LogP contribution is 2.02. The van der Waals surface area contributed by atoms with Crippen molar-refractivity contribution in [3.8, 4) is 0 Å². The molecule has 0 saturated carbocycles. The number of hydrogen-bond acceptors (Lipinski definition) is 6. The van der Waals surface area contributed by atoms with E-state index in [4.69, 9.17) is 15.3 Å². The van der Waals surface area contributed by atoms with Crippen LogP contribution in [0.25, 0.3) is 0 Å². The summed E-state index contributed by atoms with van der Waals surface area (Å²) < 4.78 is 0. The number of hydrogen-bond donors (Lipinski definition) is 3. The van der Waals surface area contributed by atoms with E-state index in [1.165, 1.54) is 0 Å². The first-order chi connectivity index (χ1) is 5.61. The van der Waals surface area contributed by atoms with Crippen LogP contribution in [0.4, 0.5) is 0 Å². The van der Waals surface area contributed by atoms with Crippen LogP contribution in [0, 0.1) is 16.0 Å². The van der Waals surface area contributed by atoms with E-state index in [1.54, 1.807) is 0 Å². The fraction of sp³-hybridized carbons (Fsp3) is 1.00. The molecular formula is C5H11NO6. The summed E-state index contributed by atoms with van der Waals surface area (Å²) in [6, 6.07) is 0. The standard InChI is InChI=1S/C5H11NO6/c7-1-4(5(9)2-8)3-12-6(10)11/h4-5,7-9H,1-3H2. The van der Waals surface area contributed by atoms with Gasteiger partial charge in [-0.2, -0.15) is 0 Å². The van der Waals surface area contributed by atoms with Crippen LogP contribution in [0.3, 0.4) is 0 Å². The van der Waals surface area contributed by atoms with Gasteiger partial charge in [-0.25, -0.2) is 0 Å². The zero-order valence-electron chi connectivity index (χ0n) is 6.29. The Kier molecular flexibility index (Phi) is 5.26.